The van der Waals surface area contributed by atoms with Crippen molar-refractivity contribution in [3.63, 3.8) is 0 Å². The first-order chi connectivity index (χ1) is 31.9. The minimum absolute atomic E-state index is 0. The zero-order valence-electron chi connectivity index (χ0n) is 40.3. The van der Waals surface area contributed by atoms with Crippen LogP contribution in [0.3, 0.4) is 0 Å². The quantitative estimate of drug-likeness (QED) is 0.281. The average Bonchev–Trinajstić information content (AvgIpc) is 4.15. The molecule has 12 rings (SSSR count). The summed E-state index contributed by atoms with van der Waals surface area (Å²) in [5.74, 6) is -0.405. The van der Waals surface area contributed by atoms with Gasteiger partial charge in [0.2, 0.25) is 0 Å². The number of hydrogen-bond acceptors (Lipinski definition) is 14. The van der Waals surface area contributed by atoms with E-state index in [1.54, 1.807) is 47.0 Å². The summed E-state index contributed by atoms with van der Waals surface area (Å²) < 4.78 is 0. The fraction of sp³-hybridized carbons (Fsp3) is 0.630. The van der Waals surface area contributed by atoms with Crippen LogP contribution in [0.2, 0.25) is 0 Å². The molecule has 8 fully saturated rings. The van der Waals surface area contributed by atoms with Crippen LogP contribution < -0.4 is 29.6 Å². The molecule has 0 radical (unpaired) electrons. The molecule has 374 valence electrons. The van der Waals surface area contributed by atoms with Gasteiger partial charge in [0.15, 0.2) is 28.6 Å². The van der Waals surface area contributed by atoms with Crippen LogP contribution in [-0.4, -0.2) is 102 Å². The van der Waals surface area contributed by atoms with E-state index in [2.05, 4.69) is 37.6 Å². The van der Waals surface area contributed by atoms with Crippen molar-refractivity contribution < 1.29 is 84.3 Å². The fourth-order valence-electron chi connectivity index (χ4n) is 17.2. The first-order valence-corrected chi connectivity index (χ1v) is 26.3. The minimum atomic E-state index is -1.31. The van der Waals surface area contributed by atoms with Gasteiger partial charge in [0.05, 0.1) is 12.2 Å². The molecule has 16 atom stereocenters. The van der Waals surface area contributed by atoms with Crippen molar-refractivity contribution in [2.45, 2.75) is 123 Å². The van der Waals surface area contributed by atoms with Gasteiger partial charge >= 0.3 is 35.5 Å². The maximum atomic E-state index is 13.5. The molecule has 0 bridgehead atoms. The number of aliphatic carboxylic acids is 1. The molecular weight excluding hydrogens is 940 g/mol. The molecule has 5 N–H and O–H groups in total. The number of carbonyl (C=O) groups is 4. The number of thiophene rings is 2. The topological polar surface area (TPSA) is 204 Å². The Morgan fingerprint density at radius 3 is 1.57 bits per heavy atom. The van der Waals surface area contributed by atoms with Gasteiger partial charge in [-0.2, -0.15) is 32.8 Å². The van der Waals surface area contributed by atoms with Crippen molar-refractivity contribution >= 4 is 46.0 Å². The summed E-state index contributed by atoms with van der Waals surface area (Å²) in [5.41, 5.74) is 0.201. The van der Waals surface area contributed by atoms with E-state index in [1.165, 1.54) is 0 Å². The molecule has 16 heteroatoms. The predicted octanol–water partition coefficient (Wildman–Crippen LogP) is 4.59. The third-order valence-corrected chi connectivity index (χ3v) is 21.3. The second-order valence-corrected chi connectivity index (χ2v) is 24.3. The van der Waals surface area contributed by atoms with E-state index in [4.69, 9.17) is 9.68 Å². The summed E-state index contributed by atoms with van der Waals surface area (Å²) in [6.45, 7) is 10.4. The first kappa shape index (κ1) is 53.8. The summed E-state index contributed by atoms with van der Waals surface area (Å²) in [6, 6.07) is 4.11. The van der Waals surface area contributed by atoms with Gasteiger partial charge < -0.3 is 25.9 Å². The minimum Gasteiger partial charge on any atom is -0.870 e. The number of nitrogens with zero attached hydrogens (tertiary/aromatic N) is 2. The molecule has 4 heterocycles. The number of Topliss-reactive ketones (excluding diaryl/α,β-unsaturated/α-hetero) is 1. The number of allylic oxidation sites excluding steroid dienone is 8. The molecule has 13 nitrogen and oxygen atoms in total. The number of fused-ring (bicyclic) bond motifs is 14. The van der Waals surface area contributed by atoms with Crippen LogP contribution in [0.1, 0.15) is 97.6 Å². The number of aliphatic hydroxyl groups excluding tert-OH is 3. The number of carboxylic acids is 1. The van der Waals surface area contributed by atoms with E-state index in [-0.39, 0.29) is 118 Å². The van der Waals surface area contributed by atoms with Crippen molar-refractivity contribution in [3.05, 3.63) is 92.4 Å². The van der Waals surface area contributed by atoms with Gasteiger partial charge in [-0.1, -0.05) is 58.4 Å². The monoisotopic (exact) mass is 1010 g/mol. The summed E-state index contributed by atoms with van der Waals surface area (Å²) in [6.07, 6.45) is 15.5. The van der Waals surface area contributed by atoms with Gasteiger partial charge in [-0.25, -0.2) is 4.79 Å². The van der Waals surface area contributed by atoms with E-state index in [0.29, 0.717) is 39.0 Å². The Kier molecular flexibility index (Phi) is 14.6. The summed E-state index contributed by atoms with van der Waals surface area (Å²) >= 11 is 3.27. The van der Waals surface area contributed by atoms with Crippen molar-refractivity contribution in [2.24, 2.45) is 69.0 Å². The van der Waals surface area contributed by atoms with Crippen molar-refractivity contribution in [2.75, 3.05) is 19.7 Å². The van der Waals surface area contributed by atoms with Crippen molar-refractivity contribution in [3.8, 4) is 0 Å². The zero-order chi connectivity index (χ0) is 47.1. The van der Waals surface area contributed by atoms with E-state index < -0.39 is 46.8 Å². The molecule has 8 aliphatic carbocycles. The summed E-state index contributed by atoms with van der Waals surface area (Å²) in [4.78, 5) is 63.5. The van der Waals surface area contributed by atoms with E-state index in [1.807, 2.05) is 46.0 Å². The number of ketones is 3. The van der Waals surface area contributed by atoms with Crippen LogP contribution in [-0.2, 0) is 41.9 Å². The second-order valence-electron chi connectivity index (χ2n) is 22.7. The first-order valence-electron chi connectivity index (χ1n) is 24.4. The number of carbonyl (C=O) groups excluding carboxylic acids is 3. The van der Waals surface area contributed by atoms with Crippen LogP contribution in [0.15, 0.2) is 81.3 Å². The predicted molar refractivity (Wildman–Crippen MR) is 259 cm³/mol. The molecule has 10 aliphatic rings. The SMILES string of the molecule is C.C[C@]12C=CC(=O)C=C1CC[C@@H]1[C@@H]2[C@@H](O)C[C@@]2(C)[C@H]1C[C@H]1CN(Cc3ccsc3)O[C@]12C(=O)CO.C[C@]12C=CC(=O)C=C1CC[C@@H]1[C@@H]2[C@@H](O)C[C@@]2(C)[C@H]1C[C@H]1CN(Cc3ccsc3)O[C@]12C(=O)O.[Na+].[OH-]. The fourth-order valence-corrected chi connectivity index (χ4v) is 18.5. The van der Waals surface area contributed by atoms with Crippen LogP contribution in [0.25, 0.3) is 0 Å². The average molecular weight is 1010 g/mol. The maximum Gasteiger partial charge on any atom is 1.00 e. The largest absolute Gasteiger partial charge is 1.00 e. The molecular formula is C54H69N2NaO11S2. The summed E-state index contributed by atoms with van der Waals surface area (Å²) in [7, 11) is 0. The maximum absolute atomic E-state index is 13.5. The Bertz CT molecular complexity index is 2490. The van der Waals surface area contributed by atoms with Crippen LogP contribution in [0, 0.1) is 69.0 Å². The Labute approximate surface area is 441 Å². The van der Waals surface area contributed by atoms with E-state index in [0.717, 1.165) is 60.8 Å². The second kappa shape index (κ2) is 19.0. The number of rotatable bonds is 7. The third-order valence-electron chi connectivity index (χ3n) is 19.8. The van der Waals surface area contributed by atoms with Gasteiger partial charge in [-0.15, -0.1) is 0 Å². The standard InChI is InChI=1S/C27H33NO5S.C26H31NO5S.CH4.Na.H2O/c1-25-7-5-19(30)9-17(25)3-4-20-21-10-18-13-28(12-16-6-8-34-15-16)33-27(18,23(32)14-29)26(21,2)11-22(31)24(20)25;1-24-7-5-18(28)9-16(24)3-4-19-20-10-17-13-27(12-15-6-8-33-14-15)32-26(17,23(30)31)25(20,2)11-21(29)22(19)24;;;/h5-9,15,18,20-22,24,29,31H,3-4,10-14H2,1-2H3;5-9,14,17,19-22,29H,3-4,10-13H2,1-2H3,(H,30,31);1H4;;1H2/q;;;+1;/p-1/t18-,20-,21-,22-,24+,25-,26-,27-;17-,19-,20-,21-,22+,24-,25-,26-;;;/m00.../s1. The third kappa shape index (κ3) is 7.59. The van der Waals surface area contributed by atoms with Crippen LogP contribution in [0.5, 0.6) is 0 Å². The van der Waals surface area contributed by atoms with Crippen molar-refractivity contribution in [1.29, 1.82) is 0 Å². The number of aliphatic hydroxyl groups is 3. The molecule has 6 saturated carbocycles. The number of carboxylic acid groups (broad SMARTS) is 1. The Morgan fingerprint density at radius 2 is 1.16 bits per heavy atom. The van der Waals surface area contributed by atoms with Gasteiger partial charge in [-0.05, 0) is 144 Å². The molecule has 0 aromatic carbocycles. The van der Waals surface area contributed by atoms with Crippen LogP contribution in [0.4, 0.5) is 0 Å². The number of hydrogen-bond donors (Lipinski definition) is 4. The Morgan fingerprint density at radius 1 is 0.729 bits per heavy atom. The van der Waals surface area contributed by atoms with Crippen LogP contribution >= 0.6 is 22.7 Å². The van der Waals surface area contributed by atoms with Gasteiger partial charge in [-0.3, -0.25) is 24.1 Å². The molecule has 0 spiro atoms. The van der Waals surface area contributed by atoms with Gasteiger partial charge in [0.25, 0.3) is 0 Å². The van der Waals surface area contributed by atoms with Gasteiger partial charge in [0.1, 0.15) is 6.61 Å². The molecule has 70 heavy (non-hydrogen) atoms. The molecule has 0 amide bonds. The normalized spacial score (nSPS) is 43.9. The number of hydroxylamine groups is 4. The molecule has 2 aliphatic heterocycles. The summed E-state index contributed by atoms with van der Waals surface area (Å²) in [5, 5.41) is 55.8. The van der Waals surface area contributed by atoms with Crippen molar-refractivity contribution in [1.82, 2.24) is 10.1 Å². The van der Waals surface area contributed by atoms with E-state index in [9.17, 15) is 39.6 Å². The molecule has 2 aromatic rings. The zero-order valence-corrected chi connectivity index (χ0v) is 43.9. The molecule has 0 unspecified atom stereocenters. The molecule has 2 saturated heterocycles. The van der Waals surface area contributed by atoms with Gasteiger partial charge in [0, 0.05) is 71.5 Å². The smallest absolute Gasteiger partial charge is 0.870 e. The molecule has 2 aromatic heterocycles. The Hall–Kier alpha value is -2.48. The van der Waals surface area contributed by atoms with E-state index >= 15 is 0 Å². The Balaban J connectivity index is 0.000000181.